The number of nitrogens with zero attached hydrogens (tertiary/aromatic N) is 1. The molecule has 1 amide bonds. The van der Waals surface area contributed by atoms with Crippen molar-refractivity contribution in [1.82, 2.24) is 0 Å². The summed E-state index contributed by atoms with van der Waals surface area (Å²) in [5.41, 5.74) is 1.60. The average Bonchev–Trinajstić information content (AvgIpc) is 2.82. The van der Waals surface area contributed by atoms with Crippen LogP contribution < -0.4 is 5.32 Å². The van der Waals surface area contributed by atoms with Crippen molar-refractivity contribution in [3.8, 4) is 6.07 Å². The molecule has 6 nitrogen and oxygen atoms in total. The standard InChI is InChI=1S/C15H18N2O4S/c1-2-9-3-4-10-11(6-16)15(22-12(10)5-9)17-13(18)7-21-8-14(19)20/h9H,2-5,7-8H2,1H3,(H,17,18)(H,19,20). The summed E-state index contributed by atoms with van der Waals surface area (Å²) >= 11 is 1.45. The maximum atomic E-state index is 11.8. The van der Waals surface area contributed by atoms with Gasteiger partial charge in [-0.1, -0.05) is 13.3 Å². The van der Waals surface area contributed by atoms with Gasteiger partial charge in [0.1, 0.15) is 24.3 Å². The molecule has 0 radical (unpaired) electrons. The van der Waals surface area contributed by atoms with E-state index < -0.39 is 18.5 Å². The second-order valence-corrected chi connectivity index (χ2v) is 6.38. The Bertz CT molecular complexity index is 618. The Balaban J connectivity index is 2.05. The van der Waals surface area contributed by atoms with E-state index in [1.807, 2.05) is 0 Å². The van der Waals surface area contributed by atoms with E-state index in [0.717, 1.165) is 31.2 Å². The first kappa shape index (κ1) is 16.5. The van der Waals surface area contributed by atoms with E-state index in [4.69, 9.17) is 9.84 Å². The quantitative estimate of drug-likeness (QED) is 0.836. The molecule has 1 unspecified atom stereocenters. The smallest absolute Gasteiger partial charge is 0.329 e. The van der Waals surface area contributed by atoms with Gasteiger partial charge in [0, 0.05) is 4.88 Å². The van der Waals surface area contributed by atoms with Crippen LogP contribution in [0.25, 0.3) is 0 Å². The maximum absolute atomic E-state index is 11.8. The maximum Gasteiger partial charge on any atom is 0.329 e. The van der Waals surface area contributed by atoms with Crippen LogP contribution >= 0.6 is 11.3 Å². The van der Waals surface area contributed by atoms with Crippen molar-refractivity contribution in [3.63, 3.8) is 0 Å². The van der Waals surface area contributed by atoms with Gasteiger partial charge in [-0.15, -0.1) is 11.3 Å². The van der Waals surface area contributed by atoms with E-state index in [-0.39, 0.29) is 6.61 Å². The van der Waals surface area contributed by atoms with E-state index in [1.165, 1.54) is 16.2 Å². The predicted octanol–water partition coefficient (Wildman–Crippen LogP) is 2.17. The molecule has 0 fully saturated rings. The highest BCUT2D eigenvalue weighted by molar-refractivity contribution is 7.16. The van der Waals surface area contributed by atoms with Crippen LogP contribution in [-0.2, 0) is 27.2 Å². The van der Waals surface area contributed by atoms with Gasteiger partial charge >= 0.3 is 5.97 Å². The zero-order valence-corrected chi connectivity index (χ0v) is 13.2. The van der Waals surface area contributed by atoms with E-state index in [2.05, 4.69) is 18.3 Å². The van der Waals surface area contributed by atoms with Crippen LogP contribution in [0.15, 0.2) is 0 Å². The summed E-state index contributed by atoms with van der Waals surface area (Å²) in [6, 6.07) is 2.18. The van der Waals surface area contributed by atoms with Crippen LogP contribution in [0.5, 0.6) is 0 Å². The fourth-order valence-electron chi connectivity index (χ4n) is 2.60. The number of carboxylic acids is 1. The third-order valence-electron chi connectivity index (χ3n) is 3.77. The summed E-state index contributed by atoms with van der Waals surface area (Å²) in [4.78, 5) is 23.3. The van der Waals surface area contributed by atoms with E-state index in [9.17, 15) is 14.9 Å². The van der Waals surface area contributed by atoms with Crippen molar-refractivity contribution < 1.29 is 19.4 Å². The van der Waals surface area contributed by atoms with Gasteiger partial charge in [-0.25, -0.2) is 4.79 Å². The van der Waals surface area contributed by atoms with E-state index >= 15 is 0 Å². The molecule has 0 bridgehead atoms. The van der Waals surface area contributed by atoms with Gasteiger partial charge in [0.25, 0.3) is 5.91 Å². The highest BCUT2D eigenvalue weighted by atomic mass is 32.1. The van der Waals surface area contributed by atoms with Crippen molar-refractivity contribution >= 4 is 28.2 Å². The summed E-state index contributed by atoms with van der Waals surface area (Å²) in [5, 5.41) is 21.0. The number of carboxylic acid groups (broad SMARTS) is 1. The summed E-state index contributed by atoms with van der Waals surface area (Å²) < 4.78 is 4.75. The zero-order chi connectivity index (χ0) is 16.1. The van der Waals surface area contributed by atoms with Gasteiger partial charge in [-0.2, -0.15) is 5.26 Å². The SMILES string of the molecule is CCC1CCc2c(sc(NC(=O)COCC(=O)O)c2C#N)C1. The Hall–Kier alpha value is -1.91. The topological polar surface area (TPSA) is 99.4 Å². The number of ether oxygens (including phenoxy) is 1. The fraction of sp³-hybridized carbons (Fsp3) is 0.533. The molecule has 1 heterocycles. The molecule has 2 rings (SSSR count). The number of carbonyl (C=O) groups excluding carboxylic acids is 1. The van der Waals surface area contributed by atoms with E-state index in [1.54, 1.807) is 0 Å². The minimum atomic E-state index is -1.12. The molecule has 1 aromatic heterocycles. The van der Waals surface area contributed by atoms with Crippen molar-refractivity contribution in [3.05, 3.63) is 16.0 Å². The number of carbonyl (C=O) groups is 2. The Morgan fingerprint density at radius 2 is 2.27 bits per heavy atom. The van der Waals surface area contributed by atoms with Gasteiger partial charge in [0.15, 0.2) is 0 Å². The monoisotopic (exact) mass is 322 g/mol. The van der Waals surface area contributed by atoms with Crippen LogP contribution in [0.3, 0.4) is 0 Å². The van der Waals surface area contributed by atoms with Crippen molar-refractivity contribution in [2.75, 3.05) is 18.5 Å². The number of nitrogens with one attached hydrogen (secondary N) is 1. The van der Waals surface area contributed by atoms with Gasteiger partial charge in [0.05, 0.1) is 5.56 Å². The van der Waals surface area contributed by atoms with Crippen LogP contribution in [0.1, 0.15) is 35.8 Å². The third kappa shape index (κ3) is 3.84. The first-order valence-electron chi connectivity index (χ1n) is 7.19. The molecule has 1 atom stereocenters. The van der Waals surface area contributed by atoms with Gasteiger partial charge in [-0.3, -0.25) is 4.79 Å². The lowest BCUT2D eigenvalue weighted by Crippen LogP contribution is -2.20. The number of anilines is 1. The first-order valence-corrected chi connectivity index (χ1v) is 8.00. The number of nitriles is 1. The Morgan fingerprint density at radius 1 is 1.50 bits per heavy atom. The lowest BCUT2D eigenvalue weighted by Gasteiger charge is -2.20. The molecular weight excluding hydrogens is 304 g/mol. The zero-order valence-electron chi connectivity index (χ0n) is 12.3. The molecule has 2 N–H and O–H groups in total. The average molecular weight is 322 g/mol. The first-order chi connectivity index (χ1) is 10.5. The number of thiophene rings is 1. The molecule has 0 aliphatic heterocycles. The Morgan fingerprint density at radius 3 is 2.91 bits per heavy atom. The molecule has 1 aliphatic carbocycles. The van der Waals surface area contributed by atoms with Crippen LogP contribution in [0.2, 0.25) is 0 Å². The number of aliphatic carboxylic acids is 1. The molecule has 0 saturated carbocycles. The predicted molar refractivity (Wildman–Crippen MR) is 81.9 cm³/mol. The van der Waals surface area contributed by atoms with Crippen molar-refractivity contribution in [2.45, 2.75) is 32.6 Å². The van der Waals surface area contributed by atoms with E-state index in [0.29, 0.717) is 16.5 Å². The molecule has 1 aliphatic rings. The Kier molecular flexibility index (Phi) is 5.52. The van der Waals surface area contributed by atoms with Crippen molar-refractivity contribution in [1.29, 1.82) is 5.26 Å². The van der Waals surface area contributed by atoms with Crippen LogP contribution in [0.4, 0.5) is 5.00 Å². The molecule has 7 heteroatoms. The minimum absolute atomic E-state index is 0.336. The Labute approximate surface area is 132 Å². The van der Waals surface area contributed by atoms with Crippen molar-refractivity contribution in [2.24, 2.45) is 5.92 Å². The second-order valence-electron chi connectivity index (χ2n) is 5.27. The summed E-state index contributed by atoms with van der Waals surface area (Å²) in [7, 11) is 0. The summed E-state index contributed by atoms with van der Waals surface area (Å²) in [6.07, 6.45) is 4.02. The normalized spacial score (nSPS) is 16.6. The number of amides is 1. The summed E-state index contributed by atoms with van der Waals surface area (Å²) in [6.45, 7) is 1.31. The number of hydrogen-bond acceptors (Lipinski definition) is 5. The molecular formula is C15H18N2O4S. The van der Waals surface area contributed by atoms with Crippen LogP contribution in [0, 0.1) is 17.2 Å². The lowest BCUT2D eigenvalue weighted by atomic mass is 9.86. The number of hydrogen-bond donors (Lipinski definition) is 2. The largest absolute Gasteiger partial charge is 0.480 e. The highest BCUT2D eigenvalue weighted by Crippen LogP contribution is 2.39. The molecule has 118 valence electrons. The molecule has 0 saturated heterocycles. The number of fused-ring (bicyclic) bond motifs is 1. The van der Waals surface area contributed by atoms with Gasteiger partial charge in [0.2, 0.25) is 0 Å². The lowest BCUT2D eigenvalue weighted by molar-refractivity contribution is -0.143. The number of rotatable bonds is 6. The fourth-order valence-corrected chi connectivity index (χ4v) is 3.93. The van der Waals surface area contributed by atoms with Gasteiger partial charge < -0.3 is 15.2 Å². The van der Waals surface area contributed by atoms with Gasteiger partial charge in [-0.05, 0) is 30.7 Å². The molecule has 1 aromatic rings. The van der Waals surface area contributed by atoms with Crippen LogP contribution in [-0.4, -0.2) is 30.2 Å². The highest BCUT2D eigenvalue weighted by Gasteiger charge is 2.25. The third-order valence-corrected chi connectivity index (χ3v) is 4.94. The second kappa shape index (κ2) is 7.38. The minimum Gasteiger partial charge on any atom is -0.480 e. The molecule has 0 spiro atoms. The molecule has 0 aromatic carbocycles. The molecule has 22 heavy (non-hydrogen) atoms. The summed E-state index contributed by atoms with van der Waals surface area (Å²) in [5.74, 6) is -0.925.